The van der Waals surface area contributed by atoms with Gasteiger partial charge in [0, 0.05) is 17.6 Å². The van der Waals surface area contributed by atoms with Gasteiger partial charge in [-0.15, -0.1) is 0 Å². The van der Waals surface area contributed by atoms with Crippen LogP contribution in [0.4, 0.5) is 43.9 Å². The van der Waals surface area contributed by atoms with Gasteiger partial charge in [-0.3, -0.25) is 0 Å². The number of carbonyl (C=O) groups is 1. The molecule has 5 nitrogen and oxygen atoms in total. The molecule has 1 saturated heterocycles. The van der Waals surface area contributed by atoms with Crippen LogP contribution >= 0.6 is 0 Å². The molecule has 3 aliphatic carbocycles. The summed E-state index contributed by atoms with van der Waals surface area (Å²) in [6.07, 6.45) is -3.77. The molecule has 246 valence electrons. The molecule has 16 heteroatoms. The number of carbonyl (C=O) groups excluding carboxylic acids is 1. The Bertz CT molecular complexity index is 863. The summed E-state index contributed by atoms with van der Waals surface area (Å²) in [6.45, 7) is 0. The van der Waals surface area contributed by atoms with Crippen molar-refractivity contribution in [3.8, 4) is 0 Å². The minimum atomic E-state index is -5.60. The Morgan fingerprint density at radius 3 is 1.51 bits per heavy atom. The van der Waals surface area contributed by atoms with E-state index in [0.29, 0.717) is 44.4 Å². The van der Waals surface area contributed by atoms with Crippen LogP contribution in [0.2, 0.25) is 0 Å². The van der Waals surface area contributed by atoms with Crippen molar-refractivity contribution in [2.24, 2.45) is 17.8 Å². The van der Waals surface area contributed by atoms with Crippen LogP contribution in [0.15, 0.2) is 11.8 Å². The average molecular weight is 639 g/mol. The minimum Gasteiger partial charge on any atom is -0.866 e. The Kier molecular flexibility index (Phi) is 15.9. The molecule has 0 aromatic rings. The predicted molar refractivity (Wildman–Crippen MR) is 127 cm³/mol. The molecular weight excluding hydrogens is 601 g/mol. The summed E-state index contributed by atoms with van der Waals surface area (Å²) in [5.41, 5.74) is 0. The molecule has 0 aromatic heterocycles. The molecule has 0 radical (unpaired) electrons. The first-order chi connectivity index (χ1) is 19.5. The first-order valence-electron chi connectivity index (χ1n) is 14.2. The van der Waals surface area contributed by atoms with Crippen molar-refractivity contribution in [1.82, 2.24) is 0 Å². The number of hydrogen-bond donors (Lipinski definition) is 1. The van der Waals surface area contributed by atoms with Crippen LogP contribution in [0, 0.1) is 17.8 Å². The van der Waals surface area contributed by atoms with Gasteiger partial charge in [0.1, 0.15) is 12.4 Å². The summed E-state index contributed by atoms with van der Waals surface area (Å²) >= 11 is 0. The molecule has 4 rings (SSSR count). The Morgan fingerprint density at radius 2 is 1.19 bits per heavy atom. The molecule has 43 heavy (non-hydrogen) atoms. The van der Waals surface area contributed by atoms with Gasteiger partial charge in [0.05, 0.1) is 0 Å². The Hall–Kier alpha value is -1.01. The second-order valence-corrected chi connectivity index (χ2v) is 11.2. The number of alkyl halides is 8. The fraction of sp³-hybridized carbons (Fsp3) is 0.889. The van der Waals surface area contributed by atoms with Crippen molar-refractivity contribution in [2.75, 3.05) is 0 Å². The van der Waals surface area contributed by atoms with Gasteiger partial charge >= 0.3 is 42.9 Å². The van der Waals surface area contributed by atoms with Crippen LogP contribution in [0.3, 0.4) is 0 Å². The van der Waals surface area contributed by atoms with Gasteiger partial charge in [-0.1, -0.05) is 57.8 Å². The topological polar surface area (TPSA) is 78.8 Å². The van der Waals surface area contributed by atoms with Crippen LogP contribution in [0.25, 0.3) is 0 Å². The van der Waals surface area contributed by atoms with Crippen molar-refractivity contribution < 1.29 is 87.2 Å². The molecule has 0 amide bonds. The van der Waals surface area contributed by atoms with Gasteiger partial charge in [-0.05, 0) is 44.4 Å². The first-order valence-corrected chi connectivity index (χ1v) is 14.2. The quantitative estimate of drug-likeness (QED) is 0.212. The predicted octanol–water partition coefficient (Wildman–Crippen LogP) is 4.56. The smallest absolute Gasteiger partial charge is 0.866 e. The molecule has 3 saturated carbocycles. The molecule has 0 spiro atoms. The summed E-state index contributed by atoms with van der Waals surface area (Å²) < 4.78 is 134. The van der Waals surface area contributed by atoms with Crippen LogP contribution in [0.1, 0.15) is 96.3 Å². The largest absolute Gasteiger partial charge is 1.00 e. The van der Waals surface area contributed by atoms with Gasteiger partial charge in [0.25, 0.3) is 6.08 Å². The van der Waals surface area contributed by atoms with E-state index in [1.807, 2.05) is 0 Å². The number of hydrogen-bond acceptors (Lipinski definition) is 5. The normalized spacial score (nSPS) is 29.1. The molecule has 4 aliphatic rings. The monoisotopic (exact) mass is 638 g/mol. The van der Waals surface area contributed by atoms with E-state index in [9.17, 15) is 58.9 Å². The zero-order valence-corrected chi connectivity index (χ0v) is 23.9. The number of aliphatic hydroxyl groups is 1. The molecule has 3 unspecified atom stereocenters. The average Bonchev–Trinajstić information content (AvgIpc) is 2.95. The fourth-order valence-corrected chi connectivity index (χ4v) is 5.79. The summed E-state index contributed by atoms with van der Waals surface area (Å²) in [7, 11) is 0. The summed E-state index contributed by atoms with van der Waals surface area (Å²) in [5.74, 6) is -12.8. The van der Waals surface area contributed by atoms with Gasteiger partial charge in [0.2, 0.25) is 0 Å². The Morgan fingerprint density at radius 1 is 0.767 bits per heavy atom. The van der Waals surface area contributed by atoms with Crippen LogP contribution in [-0.4, -0.2) is 47.8 Å². The summed E-state index contributed by atoms with van der Waals surface area (Å²) in [4.78, 5) is 10.2. The molecule has 1 heterocycles. The maximum absolute atomic E-state index is 14.7. The van der Waals surface area contributed by atoms with Gasteiger partial charge in [0.15, 0.2) is 6.29 Å². The van der Waals surface area contributed by atoms with Gasteiger partial charge in [-0.2, -0.15) is 43.9 Å². The van der Waals surface area contributed by atoms with E-state index < -0.39 is 60.1 Å². The minimum absolute atomic E-state index is 0. The summed E-state index contributed by atoms with van der Waals surface area (Å²) in [6, 6.07) is 0. The molecule has 1 N–H and O–H groups in total. The second kappa shape index (κ2) is 17.1. The SMILES string of the molecule is O=CC1CCCCC1.OC1(C(F)(F)F)OC(C2CCCCC2)OC(C2CCCCC2)C1(F)F.[Li+].[O-]C(=C(F)F)C(F)(F)F. The Balaban J connectivity index is 0.000000422. The molecule has 1 aliphatic heterocycles. The maximum atomic E-state index is 14.7. The maximum Gasteiger partial charge on any atom is 1.00 e. The number of halogens is 10. The zero-order chi connectivity index (χ0) is 31.8. The number of rotatable bonds is 3. The van der Waals surface area contributed by atoms with E-state index in [1.54, 1.807) is 0 Å². The summed E-state index contributed by atoms with van der Waals surface area (Å²) in [5, 5.41) is 19.2. The van der Waals surface area contributed by atoms with E-state index in [1.165, 1.54) is 19.3 Å². The van der Waals surface area contributed by atoms with E-state index in [-0.39, 0.29) is 18.9 Å². The van der Waals surface area contributed by atoms with E-state index in [0.717, 1.165) is 44.8 Å². The Labute approximate surface area is 255 Å². The van der Waals surface area contributed by atoms with E-state index >= 15 is 0 Å². The number of allylic oxidation sites excluding steroid dienone is 1. The number of ether oxygens (including phenoxy) is 2. The molecule has 4 fully saturated rings. The first kappa shape index (κ1) is 40.0. The molecule has 0 bridgehead atoms. The van der Waals surface area contributed by atoms with Crippen LogP contribution in [0.5, 0.6) is 0 Å². The van der Waals surface area contributed by atoms with E-state index in [2.05, 4.69) is 4.74 Å². The third-order valence-electron chi connectivity index (χ3n) is 8.14. The van der Waals surface area contributed by atoms with Gasteiger partial charge < -0.3 is 24.5 Å². The third kappa shape index (κ3) is 10.8. The van der Waals surface area contributed by atoms with E-state index in [4.69, 9.17) is 4.74 Å². The standard InChI is InChI=1S/C17H25F5O3.C7H12O.C3HF5O.Li/c18-15(19)13(11-7-3-1-4-8-11)24-14(12-9-5-2-6-10-12)25-16(15,23)17(20,21)22;8-6-7-4-2-1-3-5-7;4-2(5)1(9)3(6,7)8;/h11-14,23H,1-10H2;6-7H,1-5H2;9H;/q;;;+1/p-1. The fourth-order valence-electron chi connectivity index (χ4n) is 5.79. The third-order valence-corrected chi connectivity index (χ3v) is 8.14. The van der Waals surface area contributed by atoms with Crippen molar-refractivity contribution in [2.45, 2.75) is 133 Å². The van der Waals surface area contributed by atoms with Crippen LogP contribution in [-0.2, 0) is 14.3 Å². The molecule has 0 aromatic carbocycles. The molecule has 3 atom stereocenters. The van der Waals surface area contributed by atoms with Crippen molar-refractivity contribution >= 4 is 6.29 Å². The zero-order valence-electron chi connectivity index (χ0n) is 23.9. The number of aldehydes is 1. The van der Waals surface area contributed by atoms with Crippen molar-refractivity contribution in [3.63, 3.8) is 0 Å². The second-order valence-electron chi connectivity index (χ2n) is 11.2. The molecular formula is C27H37F10LiO5. The van der Waals surface area contributed by atoms with Crippen LogP contribution < -0.4 is 24.0 Å². The van der Waals surface area contributed by atoms with Crippen molar-refractivity contribution in [1.29, 1.82) is 0 Å². The van der Waals surface area contributed by atoms with Crippen molar-refractivity contribution in [3.05, 3.63) is 11.8 Å². The van der Waals surface area contributed by atoms with Gasteiger partial charge in [-0.25, -0.2) is 0 Å².